The molecule has 176 valence electrons. The number of carbonyl (C=O) groups is 4. The van der Waals surface area contributed by atoms with Gasteiger partial charge in [-0.2, -0.15) is 0 Å². The van der Waals surface area contributed by atoms with Crippen LogP contribution in [0.3, 0.4) is 0 Å². The number of benzene rings is 1. The minimum atomic E-state index is -1.15. The monoisotopic (exact) mass is 486 g/mol. The molecule has 8 nitrogen and oxygen atoms in total. The molecule has 1 aliphatic carbocycles. The maximum atomic E-state index is 12.5. The predicted molar refractivity (Wildman–Crippen MR) is 120 cm³/mol. The molecule has 1 saturated carbocycles. The number of nitrogens with one attached hydrogen (secondary N) is 2. The summed E-state index contributed by atoms with van der Waals surface area (Å²) in [4.78, 5) is 47.9. The van der Waals surface area contributed by atoms with Crippen molar-refractivity contribution in [3.63, 3.8) is 0 Å². The van der Waals surface area contributed by atoms with Crippen LogP contribution < -0.4 is 10.6 Å². The molecule has 0 bridgehead atoms. The van der Waals surface area contributed by atoms with Gasteiger partial charge in [-0.15, -0.1) is 0 Å². The molecule has 2 amide bonds. The molecule has 10 heteroatoms. The third-order valence-electron chi connectivity index (χ3n) is 4.88. The molecule has 1 aliphatic rings. The SMILES string of the molecule is CC(C)(C)OC(=O)N[C@@H](CCCCNC(=O)[C@H]1C[C@@H]1C(=O)c1ccc(Cl)c(Cl)c1)C(=O)O. The fraction of sp³-hybridized carbons (Fsp3) is 0.545. The van der Waals surface area contributed by atoms with Crippen LogP contribution in [0.25, 0.3) is 0 Å². The van der Waals surface area contributed by atoms with Crippen LogP contribution in [0.5, 0.6) is 0 Å². The van der Waals surface area contributed by atoms with Crippen molar-refractivity contribution < 1.29 is 29.0 Å². The Bertz CT molecular complexity index is 884. The van der Waals surface area contributed by atoms with Crippen LogP contribution in [0.4, 0.5) is 4.79 Å². The highest BCUT2D eigenvalue weighted by Crippen LogP contribution is 2.41. The van der Waals surface area contributed by atoms with Gasteiger partial charge < -0.3 is 20.5 Å². The molecule has 3 atom stereocenters. The standard InChI is InChI=1S/C22H28Cl2N2O6/c1-22(2,3)32-21(31)26-17(20(29)30)6-4-5-9-25-19(28)14-11-13(14)18(27)12-7-8-15(23)16(24)10-12/h7-8,10,13-14,17H,4-6,9,11H2,1-3H3,(H,25,28)(H,26,31)(H,29,30)/t13-,14-,17-/m0/s1. The number of ketones is 1. The van der Waals surface area contributed by atoms with Gasteiger partial charge in [0.2, 0.25) is 5.91 Å². The first-order chi connectivity index (χ1) is 14.9. The molecule has 3 N–H and O–H groups in total. The number of amides is 2. The Balaban J connectivity index is 1.69. The molecule has 1 fully saturated rings. The Hall–Kier alpha value is -2.32. The van der Waals surface area contributed by atoms with Crippen LogP contribution in [0, 0.1) is 11.8 Å². The van der Waals surface area contributed by atoms with E-state index in [1.165, 1.54) is 6.07 Å². The summed E-state index contributed by atoms with van der Waals surface area (Å²) in [7, 11) is 0. The number of unbranched alkanes of at least 4 members (excludes halogenated alkanes) is 1. The van der Waals surface area contributed by atoms with Crippen molar-refractivity contribution in [1.82, 2.24) is 10.6 Å². The van der Waals surface area contributed by atoms with Gasteiger partial charge in [-0.1, -0.05) is 23.2 Å². The van der Waals surface area contributed by atoms with E-state index in [9.17, 15) is 24.3 Å². The third-order valence-corrected chi connectivity index (χ3v) is 5.61. The molecule has 0 aliphatic heterocycles. The van der Waals surface area contributed by atoms with Gasteiger partial charge in [-0.05, 0) is 64.7 Å². The number of halogens is 2. The molecule has 1 aromatic rings. The van der Waals surface area contributed by atoms with Crippen molar-refractivity contribution in [2.24, 2.45) is 11.8 Å². The number of ether oxygens (including phenoxy) is 1. The lowest BCUT2D eigenvalue weighted by atomic mass is 10.1. The Labute approximate surface area is 197 Å². The summed E-state index contributed by atoms with van der Waals surface area (Å²) in [5, 5.41) is 15.0. The lowest BCUT2D eigenvalue weighted by molar-refractivity contribution is -0.139. The highest BCUT2D eigenvalue weighted by atomic mass is 35.5. The van der Waals surface area contributed by atoms with Gasteiger partial charge in [0.05, 0.1) is 10.0 Å². The number of carboxylic acids is 1. The van der Waals surface area contributed by atoms with Crippen molar-refractivity contribution in [2.45, 2.75) is 58.1 Å². The van der Waals surface area contributed by atoms with Crippen LogP contribution in [-0.2, 0) is 14.3 Å². The van der Waals surface area contributed by atoms with Crippen LogP contribution in [0.15, 0.2) is 18.2 Å². The van der Waals surface area contributed by atoms with Crippen LogP contribution in [0.2, 0.25) is 10.0 Å². The van der Waals surface area contributed by atoms with Gasteiger partial charge in [0, 0.05) is 23.9 Å². The summed E-state index contributed by atoms with van der Waals surface area (Å²) in [6.07, 6.45) is 0.898. The number of carboxylic acid groups (broad SMARTS) is 1. The van der Waals surface area contributed by atoms with E-state index in [4.69, 9.17) is 27.9 Å². The minimum absolute atomic E-state index is 0.138. The molecule has 0 saturated heterocycles. The molecule has 0 unspecified atom stereocenters. The molecule has 0 aromatic heterocycles. The molecule has 32 heavy (non-hydrogen) atoms. The number of rotatable bonds is 10. The normalized spacial score (nSPS) is 18.4. The maximum absolute atomic E-state index is 12.5. The molecule has 2 rings (SSSR count). The van der Waals surface area contributed by atoms with Crippen LogP contribution in [-0.4, -0.2) is 47.0 Å². The van der Waals surface area contributed by atoms with E-state index in [0.717, 1.165) is 0 Å². The Morgan fingerprint density at radius 2 is 1.81 bits per heavy atom. The van der Waals surface area contributed by atoms with E-state index < -0.39 is 23.7 Å². The lowest BCUT2D eigenvalue weighted by Crippen LogP contribution is -2.43. The summed E-state index contributed by atoms with van der Waals surface area (Å²) in [5.41, 5.74) is -0.295. The number of Topliss-reactive ketones (excluding diaryl/α,β-unsaturated/α-hetero) is 1. The zero-order chi connectivity index (χ0) is 24.1. The quantitative estimate of drug-likeness (QED) is 0.338. The van der Waals surface area contributed by atoms with Gasteiger partial charge in [-0.3, -0.25) is 9.59 Å². The number of hydrogen-bond donors (Lipinski definition) is 3. The zero-order valence-corrected chi connectivity index (χ0v) is 19.8. The summed E-state index contributed by atoms with van der Waals surface area (Å²) in [5.74, 6) is -2.24. The van der Waals surface area contributed by atoms with Gasteiger partial charge in [0.1, 0.15) is 11.6 Å². The first kappa shape index (κ1) is 25.9. The zero-order valence-electron chi connectivity index (χ0n) is 18.2. The second kappa shape index (κ2) is 11.0. The number of aliphatic carboxylic acids is 1. The Morgan fingerprint density at radius 1 is 1.12 bits per heavy atom. The van der Waals surface area contributed by atoms with Crippen molar-refractivity contribution in [3.05, 3.63) is 33.8 Å². The molecular formula is C22H28Cl2N2O6. The van der Waals surface area contributed by atoms with Crippen molar-refractivity contribution in [2.75, 3.05) is 6.54 Å². The smallest absolute Gasteiger partial charge is 0.408 e. The topological polar surface area (TPSA) is 122 Å². The molecule has 0 radical (unpaired) electrons. The minimum Gasteiger partial charge on any atom is -0.480 e. The molecular weight excluding hydrogens is 459 g/mol. The second-order valence-corrected chi connectivity index (χ2v) is 9.58. The fourth-order valence-corrected chi connectivity index (χ4v) is 3.46. The molecule has 1 aromatic carbocycles. The average molecular weight is 487 g/mol. The second-order valence-electron chi connectivity index (χ2n) is 8.77. The lowest BCUT2D eigenvalue weighted by Gasteiger charge is -2.22. The van der Waals surface area contributed by atoms with E-state index in [-0.39, 0.29) is 29.9 Å². The van der Waals surface area contributed by atoms with Crippen LogP contribution in [0.1, 0.15) is 56.8 Å². The first-order valence-corrected chi connectivity index (χ1v) is 11.1. The van der Waals surface area contributed by atoms with Gasteiger partial charge in [0.15, 0.2) is 5.78 Å². The Morgan fingerprint density at radius 3 is 2.41 bits per heavy atom. The fourth-order valence-electron chi connectivity index (χ4n) is 3.16. The van der Waals surface area contributed by atoms with E-state index in [2.05, 4.69) is 10.6 Å². The van der Waals surface area contributed by atoms with Crippen molar-refractivity contribution >= 4 is 47.0 Å². The summed E-state index contributed by atoms with van der Waals surface area (Å²) >= 11 is 11.8. The Kier molecular flexibility index (Phi) is 8.92. The number of alkyl carbamates (subject to hydrolysis) is 1. The maximum Gasteiger partial charge on any atom is 0.408 e. The number of hydrogen-bond acceptors (Lipinski definition) is 5. The van der Waals surface area contributed by atoms with Crippen molar-refractivity contribution in [3.8, 4) is 0 Å². The van der Waals surface area contributed by atoms with Gasteiger partial charge in [-0.25, -0.2) is 9.59 Å². The summed E-state index contributed by atoms with van der Waals surface area (Å²) in [6, 6.07) is 3.58. The van der Waals surface area contributed by atoms with E-state index in [1.807, 2.05) is 0 Å². The largest absolute Gasteiger partial charge is 0.480 e. The van der Waals surface area contributed by atoms with Crippen LogP contribution >= 0.6 is 23.2 Å². The predicted octanol–water partition coefficient (Wildman–Crippen LogP) is 4.08. The van der Waals surface area contributed by atoms with Crippen molar-refractivity contribution in [1.29, 1.82) is 0 Å². The average Bonchev–Trinajstić information content (AvgIpc) is 3.47. The van der Waals surface area contributed by atoms with Gasteiger partial charge in [0.25, 0.3) is 0 Å². The highest BCUT2D eigenvalue weighted by Gasteiger charge is 2.47. The summed E-state index contributed by atoms with van der Waals surface area (Å²) in [6.45, 7) is 5.41. The van der Waals surface area contributed by atoms with E-state index in [1.54, 1.807) is 32.9 Å². The summed E-state index contributed by atoms with van der Waals surface area (Å²) < 4.78 is 5.07. The van der Waals surface area contributed by atoms with E-state index >= 15 is 0 Å². The van der Waals surface area contributed by atoms with Gasteiger partial charge >= 0.3 is 12.1 Å². The number of carbonyl (C=O) groups excluding carboxylic acids is 3. The molecule has 0 heterocycles. The molecule has 0 spiro atoms. The first-order valence-electron chi connectivity index (χ1n) is 10.4. The highest BCUT2D eigenvalue weighted by molar-refractivity contribution is 6.42. The third kappa shape index (κ3) is 7.98. The van der Waals surface area contributed by atoms with E-state index in [0.29, 0.717) is 41.4 Å².